The number of hydrogen-bond donors (Lipinski definition) is 3. The molecule has 3 N–H and O–H groups in total. The lowest BCUT2D eigenvalue weighted by molar-refractivity contribution is 0.0216. The van der Waals surface area contributed by atoms with Crippen LogP contribution in [0.2, 0.25) is 0 Å². The van der Waals surface area contributed by atoms with Gasteiger partial charge in [0.15, 0.2) is 0 Å². The third kappa shape index (κ3) is 3.30. The van der Waals surface area contributed by atoms with E-state index < -0.39 is 18.2 Å². The number of nitrogens with zero attached hydrogens (tertiary/aromatic N) is 3. The maximum atomic E-state index is 11.8. The number of rotatable bonds is 6. The summed E-state index contributed by atoms with van der Waals surface area (Å²) in [4.78, 5) is 17.2. The minimum Gasteiger partial charge on any atom is -0.462 e. The van der Waals surface area contributed by atoms with Gasteiger partial charge in [0.1, 0.15) is 6.10 Å². The SMILES string of the molecule is CCOC(=O)c1c(C)[nH]c(C(O)C(O)CN=[N+]=[N-])c1C. The fourth-order valence-corrected chi connectivity index (χ4v) is 1.99. The molecular weight excluding hydrogens is 264 g/mol. The second-order valence-electron chi connectivity index (χ2n) is 4.31. The summed E-state index contributed by atoms with van der Waals surface area (Å²) < 4.78 is 4.94. The van der Waals surface area contributed by atoms with Gasteiger partial charge < -0.3 is 19.9 Å². The van der Waals surface area contributed by atoms with Crippen LogP contribution in [0, 0.1) is 13.8 Å². The van der Waals surface area contributed by atoms with E-state index in [1.54, 1.807) is 20.8 Å². The summed E-state index contributed by atoms with van der Waals surface area (Å²) in [6.45, 7) is 5.02. The number of esters is 1. The van der Waals surface area contributed by atoms with Crippen LogP contribution in [-0.2, 0) is 4.74 Å². The quantitative estimate of drug-likeness (QED) is 0.316. The highest BCUT2D eigenvalue weighted by atomic mass is 16.5. The highest BCUT2D eigenvalue weighted by molar-refractivity contribution is 5.92. The first-order valence-electron chi connectivity index (χ1n) is 6.17. The van der Waals surface area contributed by atoms with Crippen molar-refractivity contribution in [3.05, 3.63) is 33.0 Å². The number of carbonyl (C=O) groups excluding carboxylic acids is 1. The van der Waals surface area contributed by atoms with Crippen molar-refractivity contribution in [2.24, 2.45) is 5.11 Å². The van der Waals surface area contributed by atoms with E-state index in [2.05, 4.69) is 15.0 Å². The topological polar surface area (TPSA) is 131 Å². The number of aliphatic hydroxyl groups excluding tert-OH is 2. The zero-order chi connectivity index (χ0) is 15.3. The van der Waals surface area contributed by atoms with Crippen molar-refractivity contribution in [1.29, 1.82) is 0 Å². The maximum absolute atomic E-state index is 11.8. The molecule has 0 spiro atoms. The molecule has 1 heterocycles. The second kappa shape index (κ2) is 6.95. The number of aromatic nitrogens is 1. The van der Waals surface area contributed by atoms with Gasteiger partial charge >= 0.3 is 5.97 Å². The predicted octanol–water partition coefficient (Wildman–Crippen LogP) is 1.51. The summed E-state index contributed by atoms with van der Waals surface area (Å²) in [6.07, 6.45) is -2.53. The highest BCUT2D eigenvalue weighted by Gasteiger charge is 2.26. The number of aromatic amines is 1. The number of carbonyl (C=O) groups is 1. The van der Waals surface area contributed by atoms with E-state index in [4.69, 9.17) is 10.3 Å². The average molecular weight is 282 g/mol. The Bertz CT molecular complexity index is 534. The van der Waals surface area contributed by atoms with Gasteiger partial charge in [-0.05, 0) is 31.9 Å². The van der Waals surface area contributed by atoms with E-state index in [-0.39, 0.29) is 13.2 Å². The van der Waals surface area contributed by atoms with Crippen LogP contribution in [0.1, 0.15) is 40.3 Å². The molecule has 0 saturated heterocycles. The molecule has 1 aromatic rings. The Labute approximate surface area is 116 Å². The van der Waals surface area contributed by atoms with Gasteiger partial charge in [-0.2, -0.15) is 0 Å². The average Bonchev–Trinajstić information content (AvgIpc) is 2.70. The van der Waals surface area contributed by atoms with E-state index in [0.717, 1.165) is 0 Å². The molecule has 0 fully saturated rings. The Kier molecular flexibility index (Phi) is 5.57. The summed E-state index contributed by atoms with van der Waals surface area (Å²) in [5.74, 6) is -0.485. The molecule has 0 bridgehead atoms. The van der Waals surface area contributed by atoms with Gasteiger partial charge in [-0.1, -0.05) is 5.11 Å². The number of hydrogen-bond acceptors (Lipinski definition) is 5. The number of nitrogens with one attached hydrogen (secondary N) is 1. The van der Waals surface area contributed by atoms with E-state index >= 15 is 0 Å². The molecule has 0 aromatic carbocycles. The normalized spacial score (nSPS) is 13.4. The Balaban J connectivity index is 3.05. The van der Waals surface area contributed by atoms with Crippen LogP contribution in [0.3, 0.4) is 0 Å². The summed E-state index contributed by atoms with van der Waals surface area (Å²) in [6, 6.07) is 0. The molecule has 8 nitrogen and oxygen atoms in total. The van der Waals surface area contributed by atoms with Gasteiger partial charge in [-0.25, -0.2) is 4.79 Å². The Hall–Kier alpha value is -2.02. The van der Waals surface area contributed by atoms with Gasteiger partial charge in [-0.15, -0.1) is 0 Å². The molecule has 1 aromatic heterocycles. The monoisotopic (exact) mass is 282 g/mol. The van der Waals surface area contributed by atoms with E-state index in [0.29, 0.717) is 22.5 Å². The Morgan fingerprint density at radius 3 is 2.70 bits per heavy atom. The summed E-state index contributed by atoms with van der Waals surface area (Å²) in [5, 5.41) is 23.0. The van der Waals surface area contributed by atoms with Gasteiger partial charge in [0.2, 0.25) is 0 Å². The van der Waals surface area contributed by atoms with Crippen molar-refractivity contribution in [2.75, 3.05) is 13.2 Å². The lowest BCUT2D eigenvalue weighted by Gasteiger charge is -2.15. The van der Waals surface area contributed by atoms with Crippen LogP contribution < -0.4 is 0 Å². The summed E-state index contributed by atoms with van der Waals surface area (Å²) >= 11 is 0. The standard InChI is InChI=1S/C12H18N4O4/c1-4-20-12(19)9-6(2)10(15-7(9)3)11(18)8(17)5-14-16-13/h8,11,15,17-18H,4-5H2,1-3H3. The number of aryl methyl sites for hydroxylation is 1. The molecule has 0 amide bonds. The van der Waals surface area contributed by atoms with Crippen molar-refractivity contribution in [1.82, 2.24) is 4.98 Å². The highest BCUT2D eigenvalue weighted by Crippen LogP contribution is 2.26. The van der Waals surface area contributed by atoms with Crippen LogP contribution in [0.5, 0.6) is 0 Å². The number of H-pyrrole nitrogens is 1. The predicted molar refractivity (Wildman–Crippen MR) is 71.2 cm³/mol. The number of aliphatic hydroxyl groups is 2. The maximum Gasteiger partial charge on any atom is 0.340 e. The molecule has 0 aliphatic rings. The van der Waals surface area contributed by atoms with E-state index in [9.17, 15) is 15.0 Å². The lowest BCUT2D eigenvalue weighted by Crippen LogP contribution is -2.22. The molecule has 0 aliphatic heterocycles. The third-order valence-electron chi connectivity index (χ3n) is 2.95. The lowest BCUT2D eigenvalue weighted by atomic mass is 10.0. The van der Waals surface area contributed by atoms with Crippen molar-refractivity contribution in [2.45, 2.75) is 33.0 Å². The van der Waals surface area contributed by atoms with Gasteiger partial charge in [0.05, 0.1) is 30.5 Å². The Morgan fingerprint density at radius 2 is 2.15 bits per heavy atom. The number of ether oxygens (including phenoxy) is 1. The molecule has 1 rings (SSSR count). The van der Waals surface area contributed by atoms with Crippen LogP contribution in [0.25, 0.3) is 10.4 Å². The molecule has 0 saturated carbocycles. The minimum absolute atomic E-state index is 0.250. The molecule has 2 atom stereocenters. The molecule has 20 heavy (non-hydrogen) atoms. The fourth-order valence-electron chi connectivity index (χ4n) is 1.99. The summed E-state index contributed by atoms with van der Waals surface area (Å²) in [7, 11) is 0. The van der Waals surface area contributed by atoms with E-state index in [1.165, 1.54) is 0 Å². The first kappa shape index (κ1) is 16.0. The van der Waals surface area contributed by atoms with Crippen molar-refractivity contribution in [3.63, 3.8) is 0 Å². The molecule has 110 valence electrons. The molecule has 2 unspecified atom stereocenters. The molecule has 8 heteroatoms. The smallest absolute Gasteiger partial charge is 0.340 e. The van der Waals surface area contributed by atoms with Crippen LogP contribution in [0.15, 0.2) is 5.11 Å². The summed E-state index contributed by atoms with van der Waals surface area (Å²) in [5.41, 5.74) is 9.91. The van der Waals surface area contributed by atoms with Crippen LogP contribution in [-0.4, -0.2) is 40.4 Å². The molecule has 0 radical (unpaired) electrons. The zero-order valence-electron chi connectivity index (χ0n) is 11.6. The van der Waals surface area contributed by atoms with Crippen LogP contribution in [0.4, 0.5) is 0 Å². The van der Waals surface area contributed by atoms with E-state index in [1.807, 2.05) is 0 Å². The molecular formula is C12H18N4O4. The van der Waals surface area contributed by atoms with Crippen molar-refractivity contribution >= 4 is 5.97 Å². The van der Waals surface area contributed by atoms with Gasteiger partial charge in [-0.3, -0.25) is 0 Å². The minimum atomic E-state index is -1.28. The van der Waals surface area contributed by atoms with Crippen molar-refractivity contribution in [3.8, 4) is 0 Å². The van der Waals surface area contributed by atoms with Gasteiger partial charge in [0, 0.05) is 10.6 Å². The zero-order valence-corrected chi connectivity index (χ0v) is 11.6. The second-order valence-corrected chi connectivity index (χ2v) is 4.31. The largest absolute Gasteiger partial charge is 0.462 e. The third-order valence-corrected chi connectivity index (χ3v) is 2.95. The number of azide groups is 1. The molecule has 0 aliphatic carbocycles. The fraction of sp³-hybridized carbons (Fsp3) is 0.583. The first-order valence-corrected chi connectivity index (χ1v) is 6.17. The first-order chi connectivity index (χ1) is 9.43. The Morgan fingerprint density at radius 1 is 1.50 bits per heavy atom. The van der Waals surface area contributed by atoms with Gasteiger partial charge in [0.25, 0.3) is 0 Å². The van der Waals surface area contributed by atoms with Crippen molar-refractivity contribution < 1.29 is 19.7 Å². The van der Waals surface area contributed by atoms with Crippen LogP contribution >= 0.6 is 0 Å².